The number of Topliss-reactive ketones (excluding diaryl/α,β-unsaturated/α-hetero) is 1. The molecular weight excluding hydrogens is 707 g/mol. The van der Waals surface area contributed by atoms with Crippen molar-refractivity contribution in [1.82, 2.24) is 26.2 Å². The Bertz CT molecular complexity index is 1560. The van der Waals surface area contributed by atoms with E-state index in [9.17, 15) is 32.4 Å². The molecule has 1 heterocycles. The molecule has 1 unspecified atom stereocenters. The number of rotatable bonds is 13. The van der Waals surface area contributed by atoms with Crippen LogP contribution in [-0.4, -0.2) is 90.1 Å². The summed E-state index contributed by atoms with van der Waals surface area (Å²) >= 11 is 0. The van der Waals surface area contributed by atoms with Crippen LogP contribution in [0, 0.1) is 34.0 Å². The van der Waals surface area contributed by atoms with E-state index in [1.54, 1.807) is 25.7 Å². The zero-order valence-corrected chi connectivity index (χ0v) is 35.3. The lowest BCUT2D eigenvalue weighted by atomic mass is 9.70. The molecule has 54 heavy (non-hydrogen) atoms. The van der Waals surface area contributed by atoms with Crippen LogP contribution in [0.5, 0.6) is 0 Å². The fourth-order valence-electron chi connectivity index (χ4n) is 9.45. The predicted molar refractivity (Wildman–Crippen MR) is 209 cm³/mol. The summed E-state index contributed by atoms with van der Waals surface area (Å²) in [5.74, 6) is -2.12. The molecule has 12 nitrogen and oxygen atoms in total. The first-order valence-electron chi connectivity index (χ1n) is 20.6. The van der Waals surface area contributed by atoms with Crippen molar-refractivity contribution in [3.8, 4) is 0 Å². The number of ketones is 1. The molecule has 306 valence electrons. The van der Waals surface area contributed by atoms with Crippen molar-refractivity contribution >= 4 is 39.4 Å². The highest BCUT2D eigenvalue weighted by Crippen LogP contribution is 2.65. The maximum Gasteiger partial charge on any atom is 0.315 e. The Morgan fingerprint density at radius 2 is 1.39 bits per heavy atom. The standard InChI is InChI=1S/C41H69N5O7S/c1-37(2,3)24-42-34(49)31(47)28(22-26-16-17-26)43-33(48)30-29-27(39(29,7)8)23-46(30)35(50)32(40(9)18-12-10-13-19-40)44-36(51)45-41(20-14-11-15-21-41)25-54(52,53)38(4,5)6/h26-30,32H,10-25H2,1-9H3,(H,42,49)(H,43,48)(H2,44,45,51)/t27-,28?,29-,30-,32+/m0/s1. The summed E-state index contributed by atoms with van der Waals surface area (Å²) in [5, 5.41) is 11.9. The Hall–Kier alpha value is -2.70. The number of carbonyl (C=O) groups is 5. The summed E-state index contributed by atoms with van der Waals surface area (Å²) in [5.41, 5.74) is -1.94. The number of sulfone groups is 1. The zero-order valence-electron chi connectivity index (χ0n) is 34.5. The number of likely N-dealkylation sites (tertiary alicyclic amines) is 1. The quantitative estimate of drug-likeness (QED) is 0.190. The fourth-order valence-corrected chi connectivity index (χ4v) is 11.0. The van der Waals surface area contributed by atoms with Crippen molar-refractivity contribution in [3.63, 3.8) is 0 Å². The normalized spacial score (nSPS) is 27.1. The van der Waals surface area contributed by atoms with Crippen molar-refractivity contribution in [2.24, 2.45) is 34.0 Å². The van der Waals surface area contributed by atoms with Crippen LogP contribution in [0.1, 0.15) is 146 Å². The van der Waals surface area contributed by atoms with Gasteiger partial charge < -0.3 is 26.2 Å². The van der Waals surface area contributed by atoms with Gasteiger partial charge >= 0.3 is 6.03 Å². The van der Waals surface area contributed by atoms with E-state index in [2.05, 4.69) is 35.1 Å². The van der Waals surface area contributed by atoms with E-state index in [0.717, 1.165) is 64.2 Å². The number of carbonyl (C=O) groups excluding carboxylic acids is 5. The van der Waals surface area contributed by atoms with E-state index in [1.807, 2.05) is 27.7 Å². The Morgan fingerprint density at radius 1 is 0.815 bits per heavy atom. The number of nitrogens with zero attached hydrogens (tertiary/aromatic N) is 1. The third kappa shape index (κ3) is 9.45. The smallest absolute Gasteiger partial charge is 0.315 e. The van der Waals surface area contributed by atoms with Gasteiger partial charge in [-0.15, -0.1) is 0 Å². The molecule has 5 aliphatic rings. The number of piperidine rings is 1. The van der Waals surface area contributed by atoms with Gasteiger partial charge in [-0.1, -0.05) is 92.9 Å². The summed E-state index contributed by atoms with van der Waals surface area (Å²) in [6.07, 6.45) is 10.2. The summed E-state index contributed by atoms with van der Waals surface area (Å²) in [4.78, 5) is 71.7. The first-order chi connectivity index (χ1) is 24.9. The van der Waals surface area contributed by atoms with Crippen LogP contribution >= 0.6 is 0 Å². The largest absolute Gasteiger partial charge is 0.349 e. The van der Waals surface area contributed by atoms with Crippen molar-refractivity contribution in [3.05, 3.63) is 0 Å². The van der Waals surface area contributed by atoms with Gasteiger partial charge in [0.25, 0.3) is 5.91 Å². The van der Waals surface area contributed by atoms with E-state index in [-0.39, 0.29) is 40.2 Å². The summed E-state index contributed by atoms with van der Waals surface area (Å²) in [7, 11) is -3.57. The van der Waals surface area contributed by atoms with E-state index in [0.29, 0.717) is 32.4 Å². The SMILES string of the molecule is CC(C)(C)CNC(=O)C(=O)C(CC1CC1)NC(=O)[C@@H]1[C@@H]2[C@H](CN1C(=O)[C@@H](NC(=O)NC1(CS(=O)(=O)C(C)(C)C)CCCCC1)C1(C)CCCCC1)C2(C)C. The lowest BCUT2D eigenvalue weighted by molar-refractivity contribution is -0.146. The first-order valence-corrected chi connectivity index (χ1v) is 22.3. The van der Waals surface area contributed by atoms with Crippen LogP contribution in [-0.2, 0) is 29.0 Å². The zero-order chi connectivity index (χ0) is 40.1. The second-order valence-electron chi connectivity index (χ2n) is 20.7. The lowest BCUT2D eigenvalue weighted by Gasteiger charge is -2.44. The third-order valence-corrected chi connectivity index (χ3v) is 16.3. The molecule has 13 heteroatoms. The molecule has 5 atom stereocenters. The molecule has 4 saturated carbocycles. The number of hydrogen-bond donors (Lipinski definition) is 4. The highest BCUT2D eigenvalue weighted by Gasteiger charge is 2.70. The molecule has 0 aromatic rings. The Kier molecular flexibility index (Phi) is 12.0. The Balaban J connectivity index is 1.39. The van der Waals surface area contributed by atoms with Crippen molar-refractivity contribution in [2.75, 3.05) is 18.8 Å². The molecule has 1 saturated heterocycles. The van der Waals surface area contributed by atoms with Crippen LogP contribution in [0.2, 0.25) is 0 Å². The Morgan fingerprint density at radius 3 is 1.93 bits per heavy atom. The molecule has 4 N–H and O–H groups in total. The number of fused-ring (bicyclic) bond motifs is 1. The second-order valence-corrected chi connectivity index (χ2v) is 23.4. The molecule has 0 aromatic heterocycles. The maximum absolute atomic E-state index is 15.0. The van der Waals surface area contributed by atoms with Gasteiger partial charge in [0, 0.05) is 13.1 Å². The van der Waals surface area contributed by atoms with Gasteiger partial charge in [0.1, 0.15) is 12.1 Å². The summed E-state index contributed by atoms with van der Waals surface area (Å²) in [6, 6.07) is -3.35. The second kappa shape index (κ2) is 15.3. The minimum atomic E-state index is -3.57. The topological polar surface area (TPSA) is 171 Å². The van der Waals surface area contributed by atoms with Gasteiger partial charge in [-0.3, -0.25) is 19.2 Å². The average Bonchev–Trinajstić information content (AvgIpc) is 3.92. The van der Waals surface area contributed by atoms with Crippen LogP contribution in [0.25, 0.3) is 0 Å². The molecule has 5 amide bonds. The van der Waals surface area contributed by atoms with Crippen LogP contribution in [0.3, 0.4) is 0 Å². The number of amides is 5. The summed E-state index contributed by atoms with van der Waals surface area (Å²) < 4.78 is 26.0. The Labute approximate surface area is 324 Å². The molecule has 4 aliphatic carbocycles. The van der Waals surface area contributed by atoms with Crippen molar-refractivity contribution in [1.29, 1.82) is 0 Å². The number of hydrogen-bond acceptors (Lipinski definition) is 7. The molecule has 0 bridgehead atoms. The van der Waals surface area contributed by atoms with Gasteiger partial charge in [-0.2, -0.15) is 0 Å². The van der Waals surface area contributed by atoms with E-state index in [1.165, 1.54) is 0 Å². The highest BCUT2D eigenvalue weighted by molar-refractivity contribution is 7.92. The first kappa shape index (κ1) is 42.4. The van der Waals surface area contributed by atoms with Crippen LogP contribution < -0.4 is 21.3 Å². The number of urea groups is 1. The molecule has 0 radical (unpaired) electrons. The minimum absolute atomic E-state index is 0.0756. The van der Waals surface area contributed by atoms with Gasteiger partial charge in [0.2, 0.25) is 17.6 Å². The molecule has 0 aromatic carbocycles. The van der Waals surface area contributed by atoms with Gasteiger partial charge in [-0.25, -0.2) is 13.2 Å². The van der Waals surface area contributed by atoms with Crippen LogP contribution in [0.15, 0.2) is 0 Å². The van der Waals surface area contributed by atoms with E-state index >= 15 is 0 Å². The van der Waals surface area contributed by atoms with Crippen molar-refractivity contribution < 1.29 is 32.4 Å². The number of nitrogens with one attached hydrogen (secondary N) is 4. The molecule has 5 rings (SSSR count). The average molecular weight is 776 g/mol. The van der Waals surface area contributed by atoms with Gasteiger partial charge in [-0.05, 0) is 86.9 Å². The maximum atomic E-state index is 15.0. The van der Waals surface area contributed by atoms with Crippen molar-refractivity contribution in [2.45, 2.75) is 174 Å². The van der Waals surface area contributed by atoms with Crippen LogP contribution in [0.4, 0.5) is 4.79 Å². The monoisotopic (exact) mass is 775 g/mol. The molecule has 5 fully saturated rings. The van der Waals surface area contributed by atoms with E-state index in [4.69, 9.17) is 0 Å². The molecule has 0 spiro atoms. The fraction of sp³-hybridized carbons (Fsp3) is 0.878. The van der Waals surface area contributed by atoms with Gasteiger partial charge in [0.05, 0.1) is 22.1 Å². The molecular formula is C41H69N5O7S. The van der Waals surface area contributed by atoms with Gasteiger partial charge in [0.15, 0.2) is 9.84 Å². The minimum Gasteiger partial charge on any atom is -0.349 e. The summed E-state index contributed by atoms with van der Waals surface area (Å²) in [6.45, 7) is 17.8. The highest BCUT2D eigenvalue weighted by atomic mass is 32.2. The lowest BCUT2D eigenvalue weighted by Crippen LogP contribution is -2.65. The van der Waals surface area contributed by atoms with E-state index < -0.39 is 67.3 Å². The molecule has 1 aliphatic heterocycles. The third-order valence-electron chi connectivity index (χ3n) is 13.5. The predicted octanol–water partition coefficient (Wildman–Crippen LogP) is 5.04.